The van der Waals surface area contributed by atoms with Gasteiger partial charge in [-0.2, -0.15) is 0 Å². The van der Waals surface area contributed by atoms with E-state index in [4.69, 9.17) is 14.1 Å². The molecule has 0 aliphatic heterocycles. The fourth-order valence-electron chi connectivity index (χ4n) is 2.59. The first-order valence-corrected chi connectivity index (χ1v) is 9.49. The van der Waals surface area contributed by atoms with Crippen LogP contribution < -0.4 is 10.6 Å². The highest BCUT2D eigenvalue weighted by atomic mass is 127. The summed E-state index contributed by atoms with van der Waals surface area (Å²) >= 11 is 0. The van der Waals surface area contributed by atoms with E-state index in [0.29, 0.717) is 0 Å². The highest BCUT2D eigenvalue weighted by molar-refractivity contribution is 14.0. The maximum Gasteiger partial charge on any atom is 0.191 e. The fourth-order valence-corrected chi connectivity index (χ4v) is 2.59. The number of nitrogens with zero attached hydrogens (tertiary/aromatic N) is 1. The van der Waals surface area contributed by atoms with Gasteiger partial charge in [-0.1, -0.05) is 30.3 Å². The van der Waals surface area contributed by atoms with Gasteiger partial charge in [0.1, 0.15) is 5.76 Å². The summed E-state index contributed by atoms with van der Waals surface area (Å²) in [5.41, 5.74) is 1.24. The molecule has 1 atom stereocenters. The second-order valence-electron chi connectivity index (χ2n) is 6.17. The lowest BCUT2D eigenvalue weighted by molar-refractivity contribution is 0.144. The molecule has 0 amide bonds. The molecule has 0 saturated carbocycles. The van der Waals surface area contributed by atoms with Gasteiger partial charge in [-0.25, -0.2) is 0 Å². The van der Waals surface area contributed by atoms with E-state index in [1.807, 2.05) is 25.1 Å². The molecule has 0 radical (unpaired) electrons. The SMILES string of the molecule is CCOCCCCN=C(NCCc1ccco1)NC(C)c1ccccc1.I. The Morgan fingerprint density at radius 2 is 1.96 bits per heavy atom. The molecule has 150 valence electrons. The van der Waals surface area contributed by atoms with E-state index in [1.54, 1.807) is 6.26 Å². The molecule has 0 saturated heterocycles. The molecule has 0 aliphatic rings. The van der Waals surface area contributed by atoms with Crippen molar-refractivity contribution in [3.05, 3.63) is 60.1 Å². The zero-order valence-corrected chi connectivity index (χ0v) is 18.6. The minimum absolute atomic E-state index is 0. The number of ether oxygens (including phenoxy) is 1. The molecular formula is C21H32IN3O2. The van der Waals surface area contributed by atoms with Crippen LogP contribution in [0.4, 0.5) is 0 Å². The summed E-state index contributed by atoms with van der Waals surface area (Å²) in [4.78, 5) is 4.71. The van der Waals surface area contributed by atoms with Crippen LogP contribution in [0, 0.1) is 0 Å². The number of guanidine groups is 1. The monoisotopic (exact) mass is 485 g/mol. The standard InChI is InChI=1S/C21H31N3O2.HI/c1-3-25-16-8-7-14-22-21(23-15-13-20-12-9-17-26-20)24-18(2)19-10-5-4-6-11-19;/h4-6,9-12,17-18H,3,7-8,13-16H2,1-2H3,(H2,22,23,24);1H. The van der Waals surface area contributed by atoms with Crippen LogP contribution in [0.2, 0.25) is 0 Å². The molecule has 2 N–H and O–H groups in total. The quantitative estimate of drug-likeness (QED) is 0.212. The molecule has 1 unspecified atom stereocenters. The van der Waals surface area contributed by atoms with E-state index in [9.17, 15) is 0 Å². The third-order valence-corrected chi connectivity index (χ3v) is 4.07. The van der Waals surface area contributed by atoms with Gasteiger partial charge in [0.2, 0.25) is 0 Å². The van der Waals surface area contributed by atoms with Gasteiger partial charge in [0.15, 0.2) is 5.96 Å². The van der Waals surface area contributed by atoms with E-state index in [-0.39, 0.29) is 30.0 Å². The Morgan fingerprint density at radius 3 is 2.67 bits per heavy atom. The molecule has 0 fully saturated rings. The van der Waals surface area contributed by atoms with Crippen LogP contribution in [-0.4, -0.2) is 32.3 Å². The summed E-state index contributed by atoms with van der Waals surface area (Å²) in [6, 6.07) is 14.5. The molecule has 0 aliphatic carbocycles. The van der Waals surface area contributed by atoms with E-state index in [0.717, 1.165) is 57.3 Å². The van der Waals surface area contributed by atoms with Crippen molar-refractivity contribution in [1.29, 1.82) is 0 Å². The number of benzene rings is 1. The lowest BCUT2D eigenvalue weighted by Gasteiger charge is -2.18. The third-order valence-electron chi connectivity index (χ3n) is 4.07. The highest BCUT2D eigenvalue weighted by Crippen LogP contribution is 2.10. The second kappa shape index (κ2) is 14.5. The Balaban J connectivity index is 0.00000364. The first kappa shape index (κ1) is 23.5. The van der Waals surface area contributed by atoms with Gasteiger partial charge in [0.05, 0.1) is 12.3 Å². The third kappa shape index (κ3) is 9.81. The zero-order valence-electron chi connectivity index (χ0n) is 16.3. The summed E-state index contributed by atoms with van der Waals surface area (Å²) in [5.74, 6) is 1.81. The molecule has 2 aromatic rings. The average Bonchev–Trinajstić information content (AvgIpc) is 3.18. The van der Waals surface area contributed by atoms with Crippen molar-refractivity contribution in [2.24, 2.45) is 4.99 Å². The van der Waals surface area contributed by atoms with Crippen LogP contribution in [0.1, 0.15) is 44.1 Å². The first-order valence-electron chi connectivity index (χ1n) is 9.49. The van der Waals surface area contributed by atoms with Crippen LogP contribution >= 0.6 is 24.0 Å². The topological polar surface area (TPSA) is 58.8 Å². The van der Waals surface area contributed by atoms with E-state index in [2.05, 4.69) is 41.8 Å². The average molecular weight is 485 g/mol. The lowest BCUT2D eigenvalue weighted by Crippen LogP contribution is -2.39. The number of hydrogen-bond donors (Lipinski definition) is 2. The van der Waals surface area contributed by atoms with Crippen LogP contribution in [0.15, 0.2) is 58.1 Å². The summed E-state index contributed by atoms with van der Waals surface area (Å²) in [6.07, 6.45) is 4.59. The van der Waals surface area contributed by atoms with Crippen molar-refractivity contribution in [1.82, 2.24) is 10.6 Å². The maximum absolute atomic E-state index is 5.39. The van der Waals surface area contributed by atoms with Crippen molar-refractivity contribution in [2.45, 2.75) is 39.2 Å². The number of aliphatic imine (C=N–C) groups is 1. The number of hydrogen-bond acceptors (Lipinski definition) is 3. The van der Waals surface area contributed by atoms with Gasteiger partial charge in [-0.15, -0.1) is 24.0 Å². The normalized spacial score (nSPS) is 12.3. The Bertz CT molecular complexity index is 618. The predicted octanol–water partition coefficient (Wildman–Crippen LogP) is 4.55. The largest absolute Gasteiger partial charge is 0.469 e. The second-order valence-corrected chi connectivity index (χ2v) is 6.17. The molecular weight excluding hydrogens is 453 g/mol. The summed E-state index contributed by atoms with van der Waals surface area (Å²) in [6.45, 7) is 7.31. The molecule has 5 nitrogen and oxygen atoms in total. The number of furan rings is 1. The summed E-state index contributed by atoms with van der Waals surface area (Å²) < 4.78 is 10.8. The Morgan fingerprint density at radius 1 is 1.15 bits per heavy atom. The first-order chi connectivity index (χ1) is 12.8. The van der Waals surface area contributed by atoms with Gasteiger partial charge in [0, 0.05) is 32.7 Å². The smallest absolute Gasteiger partial charge is 0.191 e. The van der Waals surface area contributed by atoms with Gasteiger partial charge in [-0.3, -0.25) is 4.99 Å². The van der Waals surface area contributed by atoms with Gasteiger partial charge < -0.3 is 19.8 Å². The Labute approximate surface area is 180 Å². The number of unbranched alkanes of at least 4 members (excludes halogenated alkanes) is 1. The zero-order chi connectivity index (χ0) is 18.5. The van der Waals surface area contributed by atoms with Crippen molar-refractivity contribution in [3.63, 3.8) is 0 Å². The lowest BCUT2D eigenvalue weighted by atomic mass is 10.1. The van der Waals surface area contributed by atoms with Crippen LogP contribution in [0.5, 0.6) is 0 Å². The van der Waals surface area contributed by atoms with Crippen LogP contribution in [0.25, 0.3) is 0 Å². The van der Waals surface area contributed by atoms with E-state index < -0.39 is 0 Å². The Kier molecular flexibility index (Phi) is 12.6. The van der Waals surface area contributed by atoms with Crippen LogP contribution in [-0.2, 0) is 11.2 Å². The number of nitrogens with one attached hydrogen (secondary N) is 2. The van der Waals surface area contributed by atoms with Crippen molar-refractivity contribution >= 4 is 29.9 Å². The highest BCUT2D eigenvalue weighted by Gasteiger charge is 2.07. The molecule has 27 heavy (non-hydrogen) atoms. The minimum Gasteiger partial charge on any atom is -0.469 e. The van der Waals surface area contributed by atoms with E-state index in [1.165, 1.54) is 5.56 Å². The predicted molar refractivity (Wildman–Crippen MR) is 122 cm³/mol. The Hall–Kier alpha value is -1.54. The maximum atomic E-state index is 5.39. The van der Waals surface area contributed by atoms with Gasteiger partial charge >= 0.3 is 0 Å². The van der Waals surface area contributed by atoms with Gasteiger partial charge in [0.25, 0.3) is 0 Å². The van der Waals surface area contributed by atoms with Crippen molar-refractivity contribution < 1.29 is 9.15 Å². The molecule has 2 rings (SSSR count). The molecule has 0 bridgehead atoms. The van der Waals surface area contributed by atoms with Gasteiger partial charge in [-0.05, 0) is 44.4 Å². The fraction of sp³-hybridized carbons (Fsp3) is 0.476. The molecule has 1 aromatic heterocycles. The summed E-state index contributed by atoms with van der Waals surface area (Å²) in [5, 5.41) is 6.90. The summed E-state index contributed by atoms with van der Waals surface area (Å²) in [7, 11) is 0. The number of rotatable bonds is 11. The molecule has 0 spiro atoms. The van der Waals surface area contributed by atoms with Crippen molar-refractivity contribution in [3.8, 4) is 0 Å². The van der Waals surface area contributed by atoms with E-state index >= 15 is 0 Å². The molecule has 1 aromatic carbocycles. The minimum atomic E-state index is 0. The number of halogens is 1. The molecule has 1 heterocycles. The van der Waals surface area contributed by atoms with Crippen molar-refractivity contribution in [2.75, 3.05) is 26.3 Å². The molecule has 6 heteroatoms. The van der Waals surface area contributed by atoms with Crippen LogP contribution in [0.3, 0.4) is 0 Å².